The summed E-state index contributed by atoms with van der Waals surface area (Å²) in [4.78, 5) is 6.68. The zero-order valence-electron chi connectivity index (χ0n) is 17.5. The lowest BCUT2D eigenvalue weighted by Crippen LogP contribution is -2.48. The number of nitrogens with zero attached hydrogens (tertiary/aromatic N) is 4. The van der Waals surface area contributed by atoms with E-state index >= 15 is 0 Å². The fraction of sp³-hybridized carbons (Fsp3) is 0.524. The van der Waals surface area contributed by atoms with Crippen LogP contribution in [0.2, 0.25) is 0 Å². The molecule has 2 unspecified atom stereocenters. The molecule has 1 saturated heterocycles. The van der Waals surface area contributed by atoms with Crippen molar-refractivity contribution in [2.75, 3.05) is 39.9 Å². The number of ether oxygens (including phenoxy) is 2. The molecule has 0 saturated carbocycles. The van der Waals surface area contributed by atoms with E-state index in [1.165, 1.54) is 5.56 Å². The van der Waals surface area contributed by atoms with Crippen molar-refractivity contribution in [1.29, 1.82) is 0 Å². The maximum Gasteiger partial charge on any atom is 0.193 e. The van der Waals surface area contributed by atoms with E-state index in [4.69, 9.17) is 9.47 Å². The average Bonchev–Trinajstić information content (AvgIpc) is 3.17. The maximum absolute atomic E-state index is 5.94. The van der Waals surface area contributed by atoms with Gasteiger partial charge in [-0.1, -0.05) is 30.3 Å². The van der Waals surface area contributed by atoms with Crippen LogP contribution in [-0.4, -0.2) is 60.5 Å². The standard InChI is InChI=1S/C21H31N5O2.HI/c1-17(18-8-5-4-6-9-18)27-12-7-10-23-21(22-2)26-11-13-28-20(16-26)19-14-24-25(3)15-19;/h4-6,8-9,14-15,17,20H,7,10-13,16H2,1-3H3,(H,22,23);1H. The Morgan fingerprint density at radius 2 is 2.17 bits per heavy atom. The van der Waals surface area contributed by atoms with Gasteiger partial charge in [0, 0.05) is 45.6 Å². The van der Waals surface area contributed by atoms with Crippen LogP contribution >= 0.6 is 24.0 Å². The number of aromatic nitrogens is 2. The first-order valence-corrected chi connectivity index (χ1v) is 9.89. The van der Waals surface area contributed by atoms with Gasteiger partial charge in [-0.05, 0) is 18.9 Å². The number of hydrogen-bond acceptors (Lipinski definition) is 4. The van der Waals surface area contributed by atoms with E-state index in [1.54, 1.807) is 4.68 Å². The quantitative estimate of drug-likeness (QED) is 0.267. The second-order valence-corrected chi connectivity index (χ2v) is 7.00. The van der Waals surface area contributed by atoms with Crippen LogP contribution in [0.5, 0.6) is 0 Å². The number of nitrogens with one attached hydrogen (secondary N) is 1. The topological polar surface area (TPSA) is 63.9 Å². The first-order valence-electron chi connectivity index (χ1n) is 9.89. The molecule has 0 spiro atoms. The van der Waals surface area contributed by atoms with Gasteiger partial charge in [0.1, 0.15) is 6.10 Å². The molecule has 7 nitrogen and oxygen atoms in total. The van der Waals surface area contributed by atoms with Crippen LogP contribution in [0.15, 0.2) is 47.7 Å². The smallest absolute Gasteiger partial charge is 0.193 e. The maximum atomic E-state index is 5.94. The zero-order valence-corrected chi connectivity index (χ0v) is 19.8. The van der Waals surface area contributed by atoms with Crippen molar-refractivity contribution in [3.8, 4) is 0 Å². The molecule has 1 N–H and O–H groups in total. The molecule has 160 valence electrons. The SMILES string of the molecule is CN=C(NCCCOC(C)c1ccccc1)N1CCOC(c2cnn(C)c2)C1.I. The van der Waals surface area contributed by atoms with E-state index < -0.39 is 0 Å². The van der Waals surface area contributed by atoms with Crippen LogP contribution < -0.4 is 5.32 Å². The number of hydrogen-bond donors (Lipinski definition) is 1. The zero-order chi connectivity index (χ0) is 19.8. The van der Waals surface area contributed by atoms with Crippen molar-refractivity contribution in [2.24, 2.45) is 12.0 Å². The Kier molecular flexibility index (Phi) is 9.89. The van der Waals surface area contributed by atoms with E-state index in [1.807, 2.05) is 44.7 Å². The molecule has 8 heteroatoms. The molecule has 1 aromatic carbocycles. The summed E-state index contributed by atoms with van der Waals surface area (Å²) in [5.41, 5.74) is 2.31. The minimum atomic E-state index is 0. The summed E-state index contributed by atoms with van der Waals surface area (Å²) >= 11 is 0. The third kappa shape index (κ3) is 6.97. The van der Waals surface area contributed by atoms with Crippen molar-refractivity contribution in [2.45, 2.75) is 25.6 Å². The molecule has 1 aliphatic heterocycles. The average molecular weight is 513 g/mol. The highest BCUT2D eigenvalue weighted by molar-refractivity contribution is 14.0. The number of rotatable bonds is 7. The molecule has 2 atom stereocenters. The molecular formula is C21H32IN5O2. The fourth-order valence-corrected chi connectivity index (χ4v) is 3.33. The largest absolute Gasteiger partial charge is 0.374 e. The van der Waals surface area contributed by atoms with Gasteiger partial charge in [-0.3, -0.25) is 9.67 Å². The first-order chi connectivity index (χ1) is 13.7. The number of halogens is 1. The minimum Gasteiger partial charge on any atom is -0.374 e. The van der Waals surface area contributed by atoms with Crippen LogP contribution in [0.25, 0.3) is 0 Å². The number of aliphatic imine (C=N–C) groups is 1. The van der Waals surface area contributed by atoms with Crippen molar-refractivity contribution >= 4 is 29.9 Å². The third-order valence-electron chi connectivity index (χ3n) is 4.92. The normalized spacial score (nSPS) is 18.2. The van der Waals surface area contributed by atoms with Crippen LogP contribution in [0.1, 0.15) is 36.7 Å². The van der Waals surface area contributed by atoms with Crippen LogP contribution in [0.4, 0.5) is 0 Å². The molecule has 0 aliphatic carbocycles. The van der Waals surface area contributed by atoms with Crippen molar-refractivity contribution in [3.05, 3.63) is 53.9 Å². The molecule has 0 radical (unpaired) electrons. The molecule has 2 heterocycles. The molecule has 29 heavy (non-hydrogen) atoms. The predicted octanol–water partition coefficient (Wildman–Crippen LogP) is 3.15. The summed E-state index contributed by atoms with van der Waals surface area (Å²) in [5, 5.41) is 7.70. The summed E-state index contributed by atoms with van der Waals surface area (Å²) in [6.07, 6.45) is 4.94. The van der Waals surface area contributed by atoms with Crippen molar-refractivity contribution in [1.82, 2.24) is 20.0 Å². The van der Waals surface area contributed by atoms with Gasteiger partial charge in [-0.2, -0.15) is 5.10 Å². The fourth-order valence-electron chi connectivity index (χ4n) is 3.33. The monoisotopic (exact) mass is 513 g/mol. The lowest BCUT2D eigenvalue weighted by Gasteiger charge is -2.34. The summed E-state index contributed by atoms with van der Waals surface area (Å²) in [7, 11) is 3.75. The third-order valence-corrected chi connectivity index (χ3v) is 4.92. The van der Waals surface area contributed by atoms with Gasteiger partial charge in [0.15, 0.2) is 5.96 Å². The minimum absolute atomic E-state index is 0. The summed E-state index contributed by atoms with van der Waals surface area (Å²) in [5.74, 6) is 0.910. The Hall–Kier alpha value is -1.65. The lowest BCUT2D eigenvalue weighted by molar-refractivity contribution is -0.00809. The second kappa shape index (κ2) is 12.1. The molecule has 0 amide bonds. The molecule has 1 aromatic heterocycles. The van der Waals surface area contributed by atoms with Gasteiger partial charge in [0.05, 0.1) is 25.5 Å². The Morgan fingerprint density at radius 1 is 1.38 bits per heavy atom. The number of benzene rings is 1. The van der Waals surface area contributed by atoms with E-state index in [0.29, 0.717) is 13.2 Å². The van der Waals surface area contributed by atoms with E-state index in [0.717, 1.165) is 37.6 Å². The summed E-state index contributed by atoms with van der Waals surface area (Å²) < 4.78 is 13.7. The molecule has 2 aromatic rings. The van der Waals surface area contributed by atoms with Crippen LogP contribution in [0, 0.1) is 0 Å². The van der Waals surface area contributed by atoms with E-state index in [-0.39, 0.29) is 36.2 Å². The van der Waals surface area contributed by atoms with Gasteiger partial charge in [-0.25, -0.2) is 0 Å². The van der Waals surface area contributed by atoms with Gasteiger partial charge in [0.2, 0.25) is 0 Å². The van der Waals surface area contributed by atoms with Gasteiger partial charge >= 0.3 is 0 Å². The lowest BCUT2D eigenvalue weighted by atomic mass is 10.1. The Bertz CT molecular complexity index is 753. The summed E-state index contributed by atoms with van der Waals surface area (Å²) in [6.45, 7) is 5.90. The Labute approximate surface area is 190 Å². The van der Waals surface area contributed by atoms with E-state index in [2.05, 4.69) is 39.4 Å². The highest BCUT2D eigenvalue weighted by Crippen LogP contribution is 2.21. The highest BCUT2D eigenvalue weighted by Gasteiger charge is 2.25. The molecular weight excluding hydrogens is 481 g/mol. The van der Waals surface area contributed by atoms with E-state index in [9.17, 15) is 0 Å². The Morgan fingerprint density at radius 3 is 2.86 bits per heavy atom. The van der Waals surface area contributed by atoms with Gasteiger partial charge in [-0.15, -0.1) is 24.0 Å². The molecule has 3 rings (SSSR count). The number of aryl methyl sites for hydroxylation is 1. The molecule has 1 fully saturated rings. The van der Waals surface area contributed by atoms with Crippen molar-refractivity contribution < 1.29 is 9.47 Å². The highest BCUT2D eigenvalue weighted by atomic mass is 127. The Balaban J connectivity index is 0.00000300. The molecule has 1 aliphatic rings. The first kappa shape index (κ1) is 23.6. The van der Waals surface area contributed by atoms with Crippen molar-refractivity contribution in [3.63, 3.8) is 0 Å². The van der Waals surface area contributed by atoms with Gasteiger partial charge in [0.25, 0.3) is 0 Å². The number of guanidine groups is 1. The van der Waals surface area contributed by atoms with Gasteiger partial charge < -0.3 is 19.7 Å². The molecule has 0 bridgehead atoms. The second-order valence-electron chi connectivity index (χ2n) is 7.00. The van der Waals surface area contributed by atoms with Crippen LogP contribution in [0.3, 0.4) is 0 Å². The predicted molar refractivity (Wildman–Crippen MR) is 126 cm³/mol. The number of morpholine rings is 1. The summed E-state index contributed by atoms with van der Waals surface area (Å²) in [6, 6.07) is 10.3. The van der Waals surface area contributed by atoms with Crippen LogP contribution in [-0.2, 0) is 16.5 Å².